The predicted molar refractivity (Wildman–Crippen MR) is 70.3 cm³/mol. The summed E-state index contributed by atoms with van der Waals surface area (Å²) in [6, 6.07) is 1.84. The molecule has 1 rings (SSSR count). The Labute approximate surface area is 106 Å². The molecule has 1 aromatic heterocycles. The highest BCUT2D eigenvalue weighted by molar-refractivity contribution is 7.14. The van der Waals surface area contributed by atoms with Crippen LogP contribution in [-0.4, -0.2) is 24.2 Å². The average molecular weight is 251 g/mol. The van der Waals surface area contributed by atoms with Crippen LogP contribution < -0.4 is 5.32 Å². The summed E-state index contributed by atoms with van der Waals surface area (Å²) < 4.78 is 0. The zero-order valence-corrected chi connectivity index (χ0v) is 11.0. The van der Waals surface area contributed by atoms with Gasteiger partial charge in [0.15, 0.2) is 0 Å². The lowest BCUT2D eigenvalue weighted by atomic mass is 10.2. The Kier molecular flexibility index (Phi) is 5.75. The number of carbonyl (C=O) groups excluding carboxylic acids is 1. The number of hydrogen-bond acceptors (Lipinski definition) is 3. The molecule has 0 atom stereocenters. The minimum absolute atomic E-state index is 0.0383. The van der Waals surface area contributed by atoms with Crippen LogP contribution in [0.1, 0.15) is 39.9 Å². The first kappa shape index (κ1) is 13.8. The van der Waals surface area contributed by atoms with Crippen molar-refractivity contribution >= 4 is 17.2 Å². The number of carbonyl (C=O) groups is 1. The summed E-state index contributed by atoms with van der Waals surface area (Å²) in [5, 5.41) is 11.5. The van der Waals surface area contributed by atoms with Crippen LogP contribution in [0, 0.1) is 18.8 Å². The molecular formula is C13H17NO2S. The number of hydrogen-bond donors (Lipinski definition) is 2. The van der Waals surface area contributed by atoms with E-state index < -0.39 is 0 Å². The van der Waals surface area contributed by atoms with Gasteiger partial charge in [0.25, 0.3) is 5.91 Å². The maximum Gasteiger partial charge on any atom is 0.261 e. The highest BCUT2D eigenvalue weighted by Crippen LogP contribution is 2.20. The molecule has 1 amide bonds. The molecule has 3 nitrogen and oxygen atoms in total. The Bertz CT molecular complexity index is 440. The lowest BCUT2D eigenvalue weighted by Gasteiger charge is -2.00. The van der Waals surface area contributed by atoms with E-state index in [-0.39, 0.29) is 12.5 Å². The van der Waals surface area contributed by atoms with E-state index in [1.807, 2.05) is 13.0 Å². The highest BCUT2D eigenvalue weighted by Gasteiger charge is 2.10. The van der Waals surface area contributed by atoms with Crippen LogP contribution in [0.3, 0.4) is 0 Å². The lowest BCUT2D eigenvalue weighted by molar-refractivity contribution is 0.0957. The fraction of sp³-hybridized carbons (Fsp3) is 0.462. The van der Waals surface area contributed by atoms with Crippen LogP contribution in [0.4, 0.5) is 0 Å². The van der Waals surface area contributed by atoms with Crippen molar-refractivity contribution in [2.75, 3.05) is 13.2 Å². The Hall–Kier alpha value is -1.31. The van der Waals surface area contributed by atoms with Crippen molar-refractivity contribution in [3.05, 3.63) is 21.4 Å². The molecule has 0 bridgehead atoms. The fourth-order valence-corrected chi connectivity index (χ4v) is 2.27. The van der Waals surface area contributed by atoms with E-state index in [9.17, 15) is 4.79 Å². The molecule has 0 saturated heterocycles. The van der Waals surface area contributed by atoms with E-state index in [2.05, 4.69) is 24.1 Å². The number of unbranched alkanes of at least 4 members (excludes halogenated alkanes) is 1. The molecule has 4 heteroatoms. The first-order chi connectivity index (χ1) is 8.19. The quantitative estimate of drug-likeness (QED) is 0.634. The summed E-state index contributed by atoms with van der Waals surface area (Å²) in [4.78, 5) is 13.3. The lowest BCUT2D eigenvalue weighted by Crippen LogP contribution is -2.23. The molecule has 0 saturated carbocycles. The molecule has 0 fully saturated rings. The normalized spacial score (nSPS) is 9.59. The SMILES string of the molecule is CCCCNC(=O)c1cc(C)c(C#CCO)s1. The number of thiophene rings is 1. The van der Waals surface area contributed by atoms with Gasteiger partial charge in [0.1, 0.15) is 6.61 Å². The number of aliphatic hydroxyl groups is 1. The molecule has 0 aliphatic carbocycles. The second-order valence-corrected chi connectivity index (χ2v) is 4.74. The Morgan fingerprint density at radius 1 is 1.59 bits per heavy atom. The van der Waals surface area contributed by atoms with Crippen LogP contribution in [0.2, 0.25) is 0 Å². The summed E-state index contributed by atoms with van der Waals surface area (Å²) in [5.74, 6) is 5.40. The first-order valence-corrected chi connectivity index (χ1v) is 6.49. The topological polar surface area (TPSA) is 49.3 Å². The van der Waals surface area contributed by atoms with Gasteiger partial charge in [-0.2, -0.15) is 0 Å². The van der Waals surface area contributed by atoms with Gasteiger partial charge in [-0.25, -0.2) is 0 Å². The third kappa shape index (κ3) is 4.22. The first-order valence-electron chi connectivity index (χ1n) is 5.67. The third-order valence-electron chi connectivity index (χ3n) is 2.24. The summed E-state index contributed by atoms with van der Waals surface area (Å²) >= 11 is 1.37. The van der Waals surface area contributed by atoms with E-state index in [1.165, 1.54) is 11.3 Å². The molecule has 1 aromatic rings. The van der Waals surface area contributed by atoms with Gasteiger partial charge in [-0.05, 0) is 25.0 Å². The van der Waals surface area contributed by atoms with Crippen LogP contribution in [0.25, 0.3) is 0 Å². The van der Waals surface area contributed by atoms with Crippen LogP contribution in [-0.2, 0) is 0 Å². The Balaban J connectivity index is 2.68. The van der Waals surface area contributed by atoms with Gasteiger partial charge in [-0.1, -0.05) is 25.2 Å². The maximum absolute atomic E-state index is 11.8. The molecule has 0 unspecified atom stereocenters. The highest BCUT2D eigenvalue weighted by atomic mass is 32.1. The van der Waals surface area contributed by atoms with E-state index in [4.69, 9.17) is 5.11 Å². The van der Waals surface area contributed by atoms with Gasteiger partial charge in [-0.3, -0.25) is 4.79 Å². The molecule has 17 heavy (non-hydrogen) atoms. The van der Waals surface area contributed by atoms with Gasteiger partial charge in [0, 0.05) is 6.54 Å². The molecular weight excluding hydrogens is 234 g/mol. The van der Waals surface area contributed by atoms with Crippen LogP contribution in [0.5, 0.6) is 0 Å². The molecule has 0 aliphatic heterocycles. The van der Waals surface area contributed by atoms with Gasteiger partial charge >= 0.3 is 0 Å². The zero-order chi connectivity index (χ0) is 12.7. The minimum Gasteiger partial charge on any atom is -0.384 e. The zero-order valence-electron chi connectivity index (χ0n) is 10.2. The summed E-state index contributed by atoms with van der Waals surface area (Å²) in [5.41, 5.74) is 0.983. The second kappa shape index (κ2) is 7.10. The van der Waals surface area contributed by atoms with Gasteiger partial charge in [-0.15, -0.1) is 11.3 Å². The van der Waals surface area contributed by atoms with Crippen molar-refractivity contribution in [2.45, 2.75) is 26.7 Å². The van der Waals surface area contributed by atoms with E-state index >= 15 is 0 Å². The molecule has 0 aromatic carbocycles. The summed E-state index contributed by atoms with van der Waals surface area (Å²) in [7, 11) is 0. The molecule has 0 spiro atoms. The number of aliphatic hydroxyl groups excluding tert-OH is 1. The largest absolute Gasteiger partial charge is 0.384 e. The smallest absolute Gasteiger partial charge is 0.261 e. The van der Waals surface area contributed by atoms with E-state index in [1.54, 1.807) is 0 Å². The van der Waals surface area contributed by atoms with Crippen molar-refractivity contribution < 1.29 is 9.90 Å². The fourth-order valence-electron chi connectivity index (χ4n) is 1.30. The average Bonchev–Trinajstić information content (AvgIpc) is 2.68. The molecule has 2 N–H and O–H groups in total. The summed E-state index contributed by atoms with van der Waals surface area (Å²) in [6.45, 7) is 4.56. The Morgan fingerprint density at radius 3 is 3.00 bits per heavy atom. The summed E-state index contributed by atoms with van der Waals surface area (Å²) in [6.07, 6.45) is 2.06. The van der Waals surface area contributed by atoms with Gasteiger partial charge in [0.05, 0.1) is 9.75 Å². The minimum atomic E-state index is -0.157. The monoisotopic (exact) mass is 251 g/mol. The van der Waals surface area contributed by atoms with Crippen molar-refractivity contribution in [1.29, 1.82) is 0 Å². The van der Waals surface area contributed by atoms with Gasteiger partial charge in [0.2, 0.25) is 0 Å². The van der Waals surface area contributed by atoms with Crippen molar-refractivity contribution in [1.82, 2.24) is 5.32 Å². The molecule has 0 radical (unpaired) electrons. The number of aryl methyl sites for hydroxylation is 1. The number of rotatable bonds is 4. The Morgan fingerprint density at radius 2 is 2.35 bits per heavy atom. The number of amides is 1. The molecule has 1 heterocycles. The van der Waals surface area contributed by atoms with Crippen molar-refractivity contribution in [3.63, 3.8) is 0 Å². The number of nitrogens with one attached hydrogen (secondary N) is 1. The molecule has 0 aliphatic rings. The van der Waals surface area contributed by atoms with Crippen molar-refractivity contribution in [3.8, 4) is 11.8 Å². The van der Waals surface area contributed by atoms with Crippen LogP contribution in [0.15, 0.2) is 6.07 Å². The third-order valence-corrected chi connectivity index (χ3v) is 3.39. The maximum atomic E-state index is 11.8. The van der Waals surface area contributed by atoms with E-state index in [0.717, 1.165) is 23.3 Å². The molecule has 92 valence electrons. The standard InChI is InChI=1S/C13H17NO2S/c1-3-4-7-14-13(16)12-9-10(2)11(17-12)6-5-8-15/h9,15H,3-4,7-8H2,1-2H3,(H,14,16). The van der Waals surface area contributed by atoms with Gasteiger partial charge < -0.3 is 10.4 Å². The predicted octanol–water partition coefficient (Wildman–Crippen LogP) is 1.93. The van der Waals surface area contributed by atoms with Crippen LogP contribution >= 0.6 is 11.3 Å². The van der Waals surface area contributed by atoms with E-state index in [0.29, 0.717) is 11.4 Å². The van der Waals surface area contributed by atoms with Crippen molar-refractivity contribution in [2.24, 2.45) is 0 Å². The second-order valence-electron chi connectivity index (χ2n) is 3.69.